The second-order valence-corrected chi connectivity index (χ2v) is 9.79. The van der Waals surface area contributed by atoms with E-state index in [1.54, 1.807) is 30.3 Å². The molecule has 0 saturated heterocycles. The lowest BCUT2D eigenvalue weighted by Gasteiger charge is -2.24. The van der Waals surface area contributed by atoms with Crippen LogP contribution in [0.3, 0.4) is 0 Å². The fourth-order valence-corrected chi connectivity index (χ4v) is 5.35. The van der Waals surface area contributed by atoms with Crippen molar-refractivity contribution in [1.82, 2.24) is 10.3 Å². The number of rotatable bonds is 7. The number of hydrogen-bond donors (Lipinski definition) is 1. The van der Waals surface area contributed by atoms with Gasteiger partial charge in [0.15, 0.2) is 5.84 Å². The molecule has 0 unspecified atom stereocenters. The lowest BCUT2D eigenvalue weighted by Crippen LogP contribution is -2.38. The molecule has 0 atom stereocenters. The summed E-state index contributed by atoms with van der Waals surface area (Å²) in [5.74, 6) is -0.0802. The van der Waals surface area contributed by atoms with Gasteiger partial charge in [0.05, 0.1) is 23.2 Å². The smallest absolute Gasteiger partial charge is 0.285 e. The van der Waals surface area contributed by atoms with Crippen molar-refractivity contribution in [3.05, 3.63) is 69.8 Å². The Morgan fingerprint density at radius 1 is 1.15 bits per heavy atom. The summed E-state index contributed by atoms with van der Waals surface area (Å²) in [6.07, 6.45) is 6.59. The molecule has 0 radical (unpaired) electrons. The Hall–Kier alpha value is -3.60. The molecule has 34 heavy (non-hydrogen) atoms. The number of nitro groups is 1. The van der Waals surface area contributed by atoms with Gasteiger partial charge in [0.2, 0.25) is 5.91 Å². The van der Waals surface area contributed by atoms with Gasteiger partial charge in [-0.25, -0.2) is 5.01 Å². The molecule has 1 heterocycles. The van der Waals surface area contributed by atoms with E-state index in [1.807, 2.05) is 0 Å². The first kappa shape index (κ1) is 23.6. The Morgan fingerprint density at radius 2 is 1.85 bits per heavy atom. The summed E-state index contributed by atoms with van der Waals surface area (Å²) in [7, 11) is -3.90. The molecule has 2 aromatic carbocycles. The predicted molar refractivity (Wildman–Crippen MR) is 127 cm³/mol. The number of amidine groups is 1. The minimum absolute atomic E-state index is 0.0539. The molecule has 0 bridgehead atoms. The van der Waals surface area contributed by atoms with Crippen LogP contribution in [0.15, 0.2) is 62.9 Å². The molecule has 0 spiro atoms. The summed E-state index contributed by atoms with van der Waals surface area (Å²) in [5.41, 5.74) is 0.483. The number of carbonyl (C=O) groups is 1. The SMILES string of the molecule is O=C(CCN(N=Cc1ccccc1[N+](=O)[O-])C1=NS(=O)(=O)c2ccccc21)NC1CCCCC1. The van der Waals surface area contributed by atoms with Gasteiger partial charge in [-0.15, -0.1) is 4.40 Å². The van der Waals surface area contributed by atoms with E-state index in [9.17, 15) is 23.3 Å². The minimum Gasteiger partial charge on any atom is -0.353 e. The van der Waals surface area contributed by atoms with Gasteiger partial charge < -0.3 is 5.32 Å². The molecule has 11 heteroatoms. The van der Waals surface area contributed by atoms with Gasteiger partial charge in [-0.2, -0.15) is 13.5 Å². The Morgan fingerprint density at radius 3 is 2.62 bits per heavy atom. The fourth-order valence-electron chi connectivity index (χ4n) is 4.14. The van der Waals surface area contributed by atoms with Crippen LogP contribution in [0.4, 0.5) is 5.69 Å². The Kier molecular flexibility index (Phi) is 7.01. The van der Waals surface area contributed by atoms with Crippen molar-refractivity contribution in [2.75, 3.05) is 6.54 Å². The molecule has 2 aliphatic rings. The zero-order valence-electron chi connectivity index (χ0n) is 18.5. The van der Waals surface area contributed by atoms with Crippen LogP contribution < -0.4 is 5.32 Å². The van der Waals surface area contributed by atoms with Crippen LogP contribution in [0, 0.1) is 10.1 Å². The second-order valence-electron chi connectivity index (χ2n) is 8.22. The Bertz CT molecular complexity index is 1250. The summed E-state index contributed by atoms with van der Waals surface area (Å²) in [6.45, 7) is 0.0539. The predicted octanol–water partition coefficient (Wildman–Crippen LogP) is 3.22. The van der Waals surface area contributed by atoms with Gasteiger partial charge in [0.25, 0.3) is 15.7 Å². The number of fused-ring (bicyclic) bond motifs is 1. The number of hydrazone groups is 1. The molecular weight excluding hydrogens is 458 g/mol. The second kappa shape index (κ2) is 10.1. The number of nitrogens with one attached hydrogen (secondary N) is 1. The number of benzene rings is 2. The lowest BCUT2D eigenvalue weighted by molar-refractivity contribution is -0.385. The van der Waals surface area contributed by atoms with E-state index in [1.165, 1.54) is 35.8 Å². The van der Waals surface area contributed by atoms with Crippen molar-refractivity contribution in [3.8, 4) is 0 Å². The van der Waals surface area contributed by atoms with Crippen LogP contribution in [0.2, 0.25) is 0 Å². The third-order valence-corrected chi connectivity index (χ3v) is 7.17. The quantitative estimate of drug-likeness (QED) is 0.365. The van der Waals surface area contributed by atoms with E-state index >= 15 is 0 Å². The maximum absolute atomic E-state index is 12.6. The van der Waals surface area contributed by atoms with Gasteiger partial charge in [-0.1, -0.05) is 43.5 Å². The molecule has 1 saturated carbocycles. The van der Waals surface area contributed by atoms with Crippen molar-refractivity contribution in [2.24, 2.45) is 9.50 Å². The molecule has 1 aliphatic carbocycles. The van der Waals surface area contributed by atoms with Gasteiger partial charge in [0.1, 0.15) is 4.90 Å². The highest BCUT2D eigenvalue weighted by atomic mass is 32.2. The van der Waals surface area contributed by atoms with Crippen molar-refractivity contribution in [1.29, 1.82) is 0 Å². The highest BCUT2D eigenvalue weighted by Gasteiger charge is 2.32. The Balaban J connectivity index is 1.60. The molecule has 1 fully saturated rings. The molecule has 1 amide bonds. The van der Waals surface area contributed by atoms with Crippen molar-refractivity contribution < 1.29 is 18.1 Å². The molecule has 1 N–H and O–H groups in total. The van der Waals surface area contributed by atoms with Crippen molar-refractivity contribution in [3.63, 3.8) is 0 Å². The van der Waals surface area contributed by atoms with E-state index in [2.05, 4.69) is 14.8 Å². The molecule has 4 rings (SSSR count). The van der Waals surface area contributed by atoms with E-state index in [-0.39, 0.29) is 46.9 Å². The van der Waals surface area contributed by atoms with Gasteiger partial charge in [-0.05, 0) is 31.0 Å². The van der Waals surface area contributed by atoms with Crippen LogP contribution in [0.1, 0.15) is 49.7 Å². The van der Waals surface area contributed by atoms with Crippen LogP contribution in [0.5, 0.6) is 0 Å². The van der Waals surface area contributed by atoms with E-state index in [0.29, 0.717) is 5.56 Å². The molecule has 178 valence electrons. The maximum Gasteiger partial charge on any atom is 0.285 e. The highest BCUT2D eigenvalue weighted by molar-refractivity contribution is 7.90. The maximum atomic E-state index is 12.6. The summed E-state index contributed by atoms with van der Waals surface area (Å²) in [6, 6.07) is 12.6. The lowest BCUT2D eigenvalue weighted by atomic mass is 9.95. The van der Waals surface area contributed by atoms with E-state index in [4.69, 9.17) is 0 Å². The summed E-state index contributed by atoms with van der Waals surface area (Å²) < 4.78 is 29.0. The molecule has 10 nitrogen and oxygen atoms in total. The monoisotopic (exact) mass is 483 g/mol. The zero-order valence-corrected chi connectivity index (χ0v) is 19.3. The van der Waals surface area contributed by atoms with Crippen molar-refractivity contribution >= 4 is 33.7 Å². The molecule has 1 aliphatic heterocycles. The number of nitrogens with zero attached hydrogens (tertiary/aromatic N) is 4. The van der Waals surface area contributed by atoms with Crippen LogP contribution in [0.25, 0.3) is 0 Å². The normalized spacial score (nSPS) is 17.2. The number of carbonyl (C=O) groups excluding carboxylic acids is 1. The van der Waals surface area contributed by atoms with Crippen LogP contribution in [-0.4, -0.2) is 48.9 Å². The summed E-state index contributed by atoms with van der Waals surface area (Å²) in [4.78, 5) is 23.5. The van der Waals surface area contributed by atoms with Crippen molar-refractivity contribution in [2.45, 2.75) is 49.5 Å². The third kappa shape index (κ3) is 5.30. The first-order valence-corrected chi connectivity index (χ1v) is 12.6. The zero-order chi connectivity index (χ0) is 24.1. The van der Waals surface area contributed by atoms with Gasteiger partial charge in [0, 0.05) is 24.1 Å². The molecule has 0 aromatic heterocycles. The number of sulfonamides is 1. The average molecular weight is 484 g/mol. The number of nitro benzene ring substituents is 1. The summed E-state index contributed by atoms with van der Waals surface area (Å²) >= 11 is 0. The van der Waals surface area contributed by atoms with Crippen LogP contribution >= 0.6 is 0 Å². The molecular formula is C23H25N5O5S. The first-order valence-electron chi connectivity index (χ1n) is 11.1. The Labute approximate surface area is 197 Å². The topological polar surface area (TPSA) is 134 Å². The third-order valence-electron chi connectivity index (χ3n) is 5.85. The van der Waals surface area contributed by atoms with Gasteiger partial charge in [-0.3, -0.25) is 14.9 Å². The largest absolute Gasteiger partial charge is 0.353 e. The van der Waals surface area contributed by atoms with Gasteiger partial charge >= 0.3 is 0 Å². The minimum atomic E-state index is -3.90. The summed E-state index contributed by atoms with van der Waals surface area (Å²) in [5, 5.41) is 20.0. The molecule has 2 aromatic rings. The van der Waals surface area contributed by atoms with Crippen LogP contribution in [-0.2, 0) is 14.8 Å². The number of amides is 1. The first-order chi connectivity index (χ1) is 16.3. The average Bonchev–Trinajstić information content (AvgIpc) is 3.11. The standard InChI is InChI=1S/C23H25N5O5S/c29-22(25-18-9-2-1-3-10-18)14-15-27(24-16-17-8-4-6-12-20(17)28(30)31)23-19-11-5-7-13-21(19)34(32,33)26-23/h4-8,11-13,16,18H,1-3,9-10,14-15H2,(H,25,29). The van der Waals surface area contributed by atoms with E-state index < -0.39 is 14.9 Å². The fraction of sp³-hybridized carbons (Fsp3) is 0.348. The number of hydrogen-bond acceptors (Lipinski definition) is 7. The van der Waals surface area contributed by atoms with E-state index in [0.717, 1.165) is 25.7 Å². The number of para-hydroxylation sites is 1. The highest BCUT2D eigenvalue weighted by Crippen LogP contribution is 2.28.